The van der Waals surface area contributed by atoms with Crippen LogP contribution in [0.4, 0.5) is 13.2 Å². The molecule has 0 saturated carbocycles. The average Bonchev–Trinajstić information content (AvgIpc) is 2.43. The van der Waals surface area contributed by atoms with E-state index in [0.29, 0.717) is 6.07 Å². The Labute approximate surface area is 122 Å². The molecule has 0 bridgehead atoms. The van der Waals surface area contributed by atoms with Crippen LogP contribution in [0.1, 0.15) is 25.3 Å². The maximum atomic E-state index is 13.5. The third kappa shape index (κ3) is 3.56. The molecule has 0 aliphatic carbocycles. The highest BCUT2D eigenvalue weighted by Crippen LogP contribution is 2.22. The maximum absolute atomic E-state index is 13.5. The monoisotopic (exact) mass is 300 g/mol. The van der Waals surface area contributed by atoms with E-state index in [0.717, 1.165) is 25.5 Å². The number of nitrogens with one attached hydrogen (secondary N) is 1. The van der Waals surface area contributed by atoms with Crippen LogP contribution in [0.5, 0.6) is 0 Å². The van der Waals surface area contributed by atoms with E-state index in [4.69, 9.17) is 0 Å². The van der Waals surface area contributed by atoms with Crippen molar-refractivity contribution in [1.29, 1.82) is 0 Å². The highest BCUT2D eigenvalue weighted by Gasteiger charge is 2.30. The minimum Gasteiger partial charge on any atom is -0.352 e. The predicted octanol–water partition coefficient (Wildman–Crippen LogP) is 2.45. The fraction of sp³-hybridized carbons (Fsp3) is 0.533. The number of hydrogen-bond acceptors (Lipinski definition) is 2. The first-order valence-corrected chi connectivity index (χ1v) is 7.01. The van der Waals surface area contributed by atoms with Crippen molar-refractivity contribution >= 4 is 5.91 Å². The molecule has 1 fully saturated rings. The molecule has 1 aliphatic heterocycles. The Morgan fingerprint density at radius 1 is 1.38 bits per heavy atom. The maximum Gasteiger partial charge on any atom is 0.224 e. The van der Waals surface area contributed by atoms with E-state index >= 15 is 0 Å². The summed E-state index contributed by atoms with van der Waals surface area (Å²) in [6.07, 6.45) is 1.68. The summed E-state index contributed by atoms with van der Waals surface area (Å²) < 4.78 is 39.7. The van der Waals surface area contributed by atoms with Crippen molar-refractivity contribution < 1.29 is 18.0 Å². The van der Waals surface area contributed by atoms with Crippen LogP contribution in [-0.2, 0) is 11.3 Å². The van der Waals surface area contributed by atoms with Gasteiger partial charge in [0.1, 0.15) is 5.82 Å². The predicted molar refractivity (Wildman–Crippen MR) is 73.0 cm³/mol. The average molecular weight is 300 g/mol. The molecule has 116 valence electrons. The van der Waals surface area contributed by atoms with Crippen LogP contribution < -0.4 is 5.32 Å². The van der Waals surface area contributed by atoms with Crippen LogP contribution in [-0.4, -0.2) is 30.4 Å². The van der Waals surface area contributed by atoms with E-state index in [1.54, 1.807) is 0 Å². The SMILES string of the molecule is CC1C(C(=O)NCc2cc(F)cc(F)c2F)CCCN1C. The lowest BCUT2D eigenvalue weighted by Crippen LogP contribution is -2.47. The first-order valence-electron chi connectivity index (χ1n) is 7.01. The summed E-state index contributed by atoms with van der Waals surface area (Å²) >= 11 is 0. The number of halogens is 3. The van der Waals surface area contributed by atoms with Crippen molar-refractivity contribution in [2.75, 3.05) is 13.6 Å². The highest BCUT2D eigenvalue weighted by atomic mass is 19.2. The van der Waals surface area contributed by atoms with Crippen molar-refractivity contribution in [2.24, 2.45) is 5.92 Å². The Balaban J connectivity index is 2.01. The van der Waals surface area contributed by atoms with Gasteiger partial charge in [-0.05, 0) is 39.4 Å². The molecule has 2 atom stereocenters. The lowest BCUT2D eigenvalue weighted by atomic mass is 9.90. The Morgan fingerprint density at radius 3 is 2.81 bits per heavy atom. The van der Waals surface area contributed by atoms with E-state index in [2.05, 4.69) is 10.2 Å². The molecule has 21 heavy (non-hydrogen) atoms. The number of hydrogen-bond donors (Lipinski definition) is 1. The fourth-order valence-corrected chi connectivity index (χ4v) is 2.71. The normalized spacial score (nSPS) is 23.1. The van der Waals surface area contributed by atoms with Gasteiger partial charge in [-0.2, -0.15) is 0 Å². The van der Waals surface area contributed by atoms with Gasteiger partial charge in [-0.15, -0.1) is 0 Å². The molecule has 6 heteroatoms. The van der Waals surface area contributed by atoms with Crippen LogP contribution in [0, 0.1) is 23.4 Å². The zero-order chi connectivity index (χ0) is 15.6. The third-order valence-electron chi connectivity index (χ3n) is 4.16. The molecule has 1 heterocycles. The first kappa shape index (κ1) is 15.8. The quantitative estimate of drug-likeness (QED) is 0.870. The Bertz CT molecular complexity index is 536. The van der Waals surface area contributed by atoms with Crippen molar-refractivity contribution in [2.45, 2.75) is 32.4 Å². The van der Waals surface area contributed by atoms with E-state index in [9.17, 15) is 18.0 Å². The summed E-state index contributed by atoms with van der Waals surface area (Å²) in [5, 5.41) is 2.58. The van der Waals surface area contributed by atoms with Gasteiger partial charge in [-0.3, -0.25) is 4.79 Å². The molecular formula is C15H19F3N2O. The molecule has 2 rings (SSSR count). The van der Waals surface area contributed by atoms with Gasteiger partial charge in [-0.1, -0.05) is 0 Å². The second kappa shape index (κ2) is 6.47. The second-order valence-electron chi connectivity index (χ2n) is 5.55. The third-order valence-corrected chi connectivity index (χ3v) is 4.16. The molecule has 3 nitrogen and oxygen atoms in total. The second-order valence-corrected chi connectivity index (χ2v) is 5.55. The molecular weight excluding hydrogens is 281 g/mol. The van der Waals surface area contributed by atoms with Crippen molar-refractivity contribution in [3.63, 3.8) is 0 Å². The largest absolute Gasteiger partial charge is 0.352 e. The minimum atomic E-state index is -1.25. The Kier molecular flexibility index (Phi) is 4.88. The number of carbonyl (C=O) groups is 1. The lowest BCUT2D eigenvalue weighted by Gasteiger charge is -2.36. The zero-order valence-corrected chi connectivity index (χ0v) is 12.1. The van der Waals surface area contributed by atoms with E-state index in [1.807, 2.05) is 14.0 Å². The lowest BCUT2D eigenvalue weighted by molar-refractivity contribution is -0.128. The summed E-state index contributed by atoms with van der Waals surface area (Å²) in [7, 11) is 1.95. The summed E-state index contributed by atoms with van der Waals surface area (Å²) in [4.78, 5) is 14.3. The van der Waals surface area contributed by atoms with Crippen molar-refractivity contribution in [3.05, 3.63) is 35.1 Å². The topological polar surface area (TPSA) is 32.3 Å². The van der Waals surface area contributed by atoms with Gasteiger partial charge < -0.3 is 10.2 Å². The first-order chi connectivity index (χ1) is 9.90. The molecule has 1 aliphatic rings. The van der Waals surface area contributed by atoms with Gasteiger partial charge in [-0.25, -0.2) is 13.2 Å². The molecule has 2 unspecified atom stereocenters. The minimum absolute atomic E-state index is 0.0906. The molecule has 1 aromatic carbocycles. The molecule has 0 aromatic heterocycles. The van der Waals surface area contributed by atoms with Gasteiger partial charge in [0.05, 0.1) is 5.92 Å². The summed E-state index contributed by atoms with van der Waals surface area (Å²) in [6.45, 7) is 2.69. The van der Waals surface area contributed by atoms with Gasteiger partial charge in [0.25, 0.3) is 0 Å². The fourth-order valence-electron chi connectivity index (χ4n) is 2.71. The van der Waals surface area contributed by atoms with Crippen LogP contribution in [0.2, 0.25) is 0 Å². The zero-order valence-electron chi connectivity index (χ0n) is 12.1. The number of carbonyl (C=O) groups excluding carboxylic acids is 1. The Hall–Kier alpha value is -1.56. The molecule has 1 N–H and O–H groups in total. The van der Waals surface area contributed by atoms with Crippen LogP contribution in [0.25, 0.3) is 0 Å². The summed E-state index contributed by atoms with van der Waals surface area (Å²) in [5.74, 6) is -3.62. The number of piperidine rings is 1. The highest BCUT2D eigenvalue weighted by molar-refractivity contribution is 5.79. The van der Waals surface area contributed by atoms with Crippen LogP contribution >= 0.6 is 0 Å². The number of rotatable bonds is 3. The van der Waals surface area contributed by atoms with Gasteiger partial charge in [0.2, 0.25) is 5.91 Å². The molecule has 0 spiro atoms. The molecule has 1 amide bonds. The number of nitrogens with zero attached hydrogens (tertiary/aromatic N) is 1. The van der Waals surface area contributed by atoms with Gasteiger partial charge in [0, 0.05) is 24.2 Å². The molecule has 1 aromatic rings. The summed E-state index contributed by atoms with van der Waals surface area (Å²) in [6, 6.07) is 1.47. The van der Waals surface area contributed by atoms with Crippen LogP contribution in [0.15, 0.2) is 12.1 Å². The van der Waals surface area contributed by atoms with Crippen LogP contribution in [0.3, 0.4) is 0 Å². The van der Waals surface area contributed by atoms with Crippen molar-refractivity contribution in [1.82, 2.24) is 10.2 Å². The molecule has 0 radical (unpaired) electrons. The number of likely N-dealkylation sites (tertiary alicyclic amines) is 1. The number of benzene rings is 1. The van der Waals surface area contributed by atoms with E-state index < -0.39 is 17.5 Å². The smallest absolute Gasteiger partial charge is 0.224 e. The van der Waals surface area contributed by atoms with Crippen molar-refractivity contribution in [3.8, 4) is 0 Å². The standard InChI is InChI=1S/C15H19F3N2O/c1-9-12(4-3-5-20(9)2)15(21)19-8-10-6-11(16)7-13(17)14(10)18/h6-7,9,12H,3-5,8H2,1-2H3,(H,19,21). The van der Waals surface area contributed by atoms with E-state index in [-0.39, 0.29) is 30.0 Å². The number of amides is 1. The Morgan fingerprint density at radius 2 is 2.10 bits per heavy atom. The van der Waals surface area contributed by atoms with E-state index in [1.165, 1.54) is 0 Å². The summed E-state index contributed by atoms with van der Waals surface area (Å²) in [5.41, 5.74) is -0.183. The van der Waals surface area contributed by atoms with Gasteiger partial charge in [0.15, 0.2) is 11.6 Å². The van der Waals surface area contributed by atoms with Gasteiger partial charge >= 0.3 is 0 Å². The molecule has 1 saturated heterocycles.